The van der Waals surface area contributed by atoms with Crippen LogP contribution in [0.2, 0.25) is 0 Å². The van der Waals surface area contributed by atoms with Gasteiger partial charge < -0.3 is 4.90 Å². The van der Waals surface area contributed by atoms with Crippen LogP contribution in [-0.2, 0) is 21.4 Å². The molecule has 0 saturated carbocycles. The molecular weight excluding hydrogens is 283 g/mol. The van der Waals surface area contributed by atoms with Crippen LogP contribution < -0.4 is 4.72 Å². The minimum absolute atomic E-state index is 0.109. The van der Waals surface area contributed by atoms with Gasteiger partial charge in [-0.3, -0.25) is 4.79 Å². The molecular formula is C13H19FN2O3S. The number of sulfonamides is 1. The molecule has 5 nitrogen and oxygen atoms in total. The Labute approximate surface area is 118 Å². The predicted octanol–water partition coefficient (Wildman–Crippen LogP) is 1.11. The number of nitrogens with one attached hydrogen (secondary N) is 1. The van der Waals surface area contributed by atoms with E-state index in [4.69, 9.17) is 0 Å². The average molecular weight is 302 g/mol. The topological polar surface area (TPSA) is 66.5 Å². The summed E-state index contributed by atoms with van der Waals surface area (Å²) in [6.45, 7) is 3.69. The smallest absolute Gasteiger partial charge is 0.240 e. The summed E-state index contributed by atoms with van der Waals surface area (Å²) in [7, 11) is -3.46. The SMILES string of the molecule is CCN(Cc1ccccc1F)C(=O)C(C)NS(C)(=O)=O. The third kappa shape index (κ3) is 4.90. The molecule has 1 rings (SSSR count). The second kappa shape index (κ2) is 6.81. The first kappa shape index (κ1) is 16.6. The van der Waals surface area contributed by atoms with Gasteiger partial charge in [0, 0.05) is 18.7 Å². The highest BCUT2D eigenvalue weighted by Crippen LogP contribution is 2.11. The van der Waals surface area contributed by atoms with E-state index in [0.717, 1.165) is 6.26 Å². The predicted molar refractivity (Wildman–Crippen MR) is 74.9 cm³/mol. The summed E-state index contributed by atoms with van der Waals surface area (Å²) in [6.07, 6.45) is 0.990. The van der Waals surface area contributed by atoms with Crippen LogP contribution >= 0.6 is 0 Å². The third-order valence-corrected chi connectivity index (χ3v) is 3.56. The first-order valence-electron chi connectivity index (χ1n) is 6.24. The van der Waals surface area contributed by atoms with Crippen molar-refractivity contribution in [3.05, 3.63) is 35.6 Å². The normalized spacial score (nSPS) is 13.0. The second-order valence-electron chi connectivity index (χ2n) is 4.56. The van der Waals surface area contributed by atoms with E-state index in [1.165, 1.54) is 17.9 Å². The Bertz CT molecular complexity index is 575. The van der Waals surface area contributed by atoms with Crippen molar-refractivity contribution >= 4 is 15.9 Å². The number of likely N-dealkylation sites (N-methyl/N-ethyl adjacent to an activating group) is 1. The van der Waals surface area contributed by atoms with Gasteiger partial charge in [-0.15, -0.1) is 0 Å². The summed E-state index contributed by atoms with van der Waals surface area (Å²) >= 11 is 0. The molecule has 0 radical (unpaired) electrons. The maximum absolute atomic E-state index is 13.6. The third-order valence-electron chi connectivity index (χ3n) is 2.77. The molecule has 112 valence electrons. The van der Waals surface area contributed by atoms with Crippen molar-refractivity contribution in [1.82, 2.24) is 9.62 Å². The standard InChI is InChI=1S/C13H19FN2O3S/c1-4-16(9-11-7-5-6-8-12(11)14)13(17)10(2)15-20(3,18)19/h5-8,10,15H,4,9H2,1-3H3. The van der Waals surface area contributed by atoms with Gasteiger partial charge in [-0.25, -0.2) is 17.5 Å². The number of carbonyl (C=O) groups is 1. The Balaban J connectivity index is 2.81. The Kier molecular flexibility index (Phi) is 5.64. The van der Waals surface area contributed by atoms with Gasteiger partial charge in [0.25, 0.3) is 0 Å². The number of hydrogen-bond donors (Lipinski definition) is 1. The number of nitrogens with zero attached hydrogens (tertiary/aromatic N) is 1. The van der Waals surface area contributed by atoms with Crippen molar-refractivity contribution in [3.63, 3.8) is 0 Å². The van der Waals surface area contributed by atoms with Gasteiger partial charge in [-0.2, -0.15) is 0 Å². The maximum Gasteiger partial charge on any atom is 0.240 e. The van der Waals surface area contributed by atoms with Gasteiger partial charge in [-0.1, -0.05) is 18.2 Å². The van der Waals surface area contributed by atoms with Crippen LogP contribution in [-0.4, -0.2) is 38.1 Å². The zero-order valence-electron chi connectivity index (χ0n) is 11.8. The van der Waals surface area contributed by atoms with E-state index < -0.39 is 16.1 Å². The van der Waals surface area contributed by atoms with E-state index in [-0.39, 0.29) is 18.3 Å². The lowest BCUT2D eigenvalue weighted by Crippen LogP contribution is -2.46. The highest BCUT2D eigenvalue weighted by Gasteiger charge is 2.22. The highest BCUT2D eigenvalue weighted by molar-refractivity contribution is 7.88. The number of amides is 1. The van der Waals surface area contributed by atoms with E-state index in [1.807, 2.05) is 0 Å². The molecule has 1 aromatic rings. The molecule has 1 atom stereocenters. The number of carbonyl (C=O) groups excluding carboxylic acids is 1. The molecule has 0 heterocycles. The summed E-state index contributed by atoms with van der Waals surface area (Å²) in [4.78, 5) is 13.5. The summed E-state index contributed by atoms with van der Waals surface area (Å²) in [5.41, 5.74) is 0.397. The number of rotatable bonds is 6. The van der Waals surface area contributed by atoms with Crippen LogP contribution in [0.3, 0.4) is 0 Å². The Hall–Kier alpha value is -1.47. The highest BCUT2D eigenvalue weighted by atomic mass is 32.2. The molecule has 20 heavy (non-hydrogen) atoms. The zero-order chi connectivity index (χ0) is 15.3. The van der Waals surface area contributed by atoms with E-state index >= 15 is 0 Å². The second-order valence-corrected chi connectivity index (χ2v) is 6.34. The molecule has 0 spiro atoms. The van der Waals surface area contributed by atoms with Crippen molar-refractivity contribution in [2.75, 3.05) is 12.8 Å². The fraction of sp³-hybridized carbons (Fsp3) is 0.462. The van der Waals surface area contributed by atoms with Crippen molar-refractivity contribution < 1.29 is 17.6 Å². The molecule has 1 unspecified atom stereocenters. The lowest BCUT2D eigenvalue weighted by molar-refractivity contribution is -0.133. The molecule has 0 aliphatic rings. The quantitative estimate of drug-likeness (QED) is 0.856. The number of halogens is 1. The van der Waals surface area contributed by atoms with Gasteiger partial charge in [-0.05, 0) is 19.9 Å². The first-order chi connectivity index (χ1) is 9.24. The summed E-state index contributed by atoms with van der Waals surface area (Å²) < 4.78 is 38.0. The van der Waals surface area contributed by atoms with E-state index in [9.17, 15) is 17.6 Å². The molecule has 0 aromatic heterocycles. The van der Waals surface area contributed by atoms with E-state index in [1.54, 1.807) is 25.1 Å². The van der Waals surface area contributed by atoms with Crippen LogP contribution in [0.15, 0.2) is 24.3 Å². The number of hydrogen-bond acceptors (Lipinski definition) is 3. The van der Waals surface area contributed by atoms with Crippen LogP contribution in [0.4, 0.5) is 4.39 Å². The van der Waals surface area contributed by atoms with Gasteiger partial charge in [0.05, 0.1) is 12.3 Å². The Morgan fingerprint density at radius 2 is 2.00 bits per heavy atom. The van der Waals surface area contributed by atoms with Crippen molar-refractivity contribution in [2.45, 2.75) is 26.4 Å². The van der Waals surface area contributed by atoms with Gasteiger partial charge in [0.2, 0.25) is 15.9 Å². The lowest BCUT2D eigenvalue weighted by Gasteiger charge is -2.24. The lowest BCUT2D eigenvalue weighted by atomic mass is 10.2. The van der Waals surface area contributed by atoms with E-state index in [2.05, 4.69) is 4.72 Å². The van der Waals surface area contributed by atoms with Gasteiger partial charge >= 0.3 is 0 Å². The van der Waals surface area contributed by atoms with Crippen molar-refractivity contribution in [2.24, 2.45) is 0 Å². The van der Waals surface area contributed by atoms with Crippen LogP contribution in [0.25, 0.3) is 0 Å². The van der Waals surface area contributed by atoms with Crippen LogP contribution in [0.5, 0.6) is 0 Å². The van der Waals surface area contributed by atoms with Crippen molar-refractivity contribution in [3.8, 4) is 0 Å². The summed E-state index contributed by atoms with van der Waals surface area (Å²) in [6, 6.07) is 5.31. The van der Waals surface area contributed by atoms with Crippen molar-refractivity contribution in [1.29, 1.82) is 0 Å². The molecule has 1 amide bonds. The molecule has 1 aromatic carbocycles. The summed E-state index contributed by atoms with van der Waals surface area (Å²) in [5.74, 6) is -0.774. The molecule has 1 N–H and O–H groups in total. The number of benzene rings is 1. The molecule has 0 aliphatic carbocycles. The monoisotopic (exact) mass is 302 g/mol. The minimum Gasteiger partial charge on any atom is -0.337 e. The van der Waals surface area contributed by atoms with Gasteiger partial charge in [0.1, 0.15) is 5.82 Å². The Morgan fingerprint density at radius 3 is 2.50 bits per heavy atom. The zero-order valence-corrected chi connectivity index (χ0v) is 12.6. The van der Waals surface area contributed by atoms with Crippen LogP contribution in [0, 0.1) is 5.82 Å². The van der Waals surface area contributed by atoms with Gasteiger partial charge in [0.15, 0.2) is 0 Å². The van der Waals surface area contributed by atoms with E-state index in [0.29, 0.717) is 12.1 Å². The fourth-order valence-electron chi connectivity index (χ4n) is 1.82. The van der Waals surface area contributed by atoms with Crippen LogP contribution in [0.1, 0.15) is 19.4 Å². The first-order valence-corrected chi connectivity index (χ1v) is 8.13. The molecule has 0 fully saturated rings. The average Bonchev–Trinajstić information content (AvgIpc) is 2.35. The molecule has 0 bridgehead atoms. The largest absolute Gasteiger partial charge is 0.337 e. The fourth-order valence-corrected chi connectivity index (χ4v) is 2.57. The molecule has 0 saturated heterocycles. The molecule has 0 aliphatic heterocycles. The molecule has 7 heteroatoms. The maximum atomic E-state index is 13.6. The Morgan fingerprint density at radius 1 is 1.40 bits per heavy atom. The summed E-state index contributed by atoms with van der Waals surface area (Å²) in [5, 5.41) is 0. The minimum atomic E-state index is -3.46.